The van der Waals surface area contributed by atoms with Gasteiger partial charge in [0.15, 0.2) is 6.61 Å². The Morgan fingerprint density at radius 1 is 1.16 bits per heavy atom. The number of para-hydroxylation sites is 1. The molecule has 1 aromatic heterocycles. The van der Waals surface area contributed by atoms with Gasteiger partial charge in [0.05, 0.1) is 17.3 Å². The molecule has 2 saturated carbocycles. The molecule has 2 aromatic rings. The second-order valence-electron chi connectivity index (χ2n) is 6.76. The lowest BCUT2D eigenvalue weighted by Gasteiger charge is -2.22. The molecule has 4 rings (SSSR count). The van der Waals surface area contributed by atoms with Crippen LogP contribution in [0.2, 0.25) is 0 Å². The third kappa shape index (κ3) is 3.57. The maximum Gasteiger partial charge on any atom is 0.309 e. The summed E-state index contributed by atoms with van der Waals surface area (Å²) >= 11 is 0. The summed E-state index contributed by atoms with van der Waals surface area (Å²) in [6, 6.07) is 11.6. The number of hydrogen-bond donors (Lipinski definition) is 1. The number of esters is 1. The molecule has 0 radical (unpaired) electrons. The monoisotopic (exact) mass is 339 g/mol. The second-order valence-corrected chi connectivity index (χ2v) is 6.76. The minimum absolute atomic E-state index is 0.0240. The van der Waals surface area contributed by atoms with Gasteiger partial charge in [0, 0.05) is 12.0 Å². The van der Waals surface area contributed by atoms with Gasteiger partial charge in [0.1, 0.15) is 5.82 Å². The van der Waals surface area contributed by atoms with Crippen LogP contribution in [-0.4, -0.2) is 28.3 Å². The van der Waals surface area contributed by atoms with Crippen LogP contribution in [0.25, 0.3) is 5.69 Å². The molecule has 1 aromatic carbocycles. The molecule has 0 bridgehead atoms. The molecule has 0 unspecified atom stereocenters. The fourth-order valence-corrected chi connectivity index (χ4v) is 2.91. The van der Waals surface area contributed by atoms with Crippen LogP contribution in [0.15, 0.2) is 36.4 Å². The number of nitrogens with zero attached hydrogens (tertiary/aromatic N) is 2. The summed E-state index contributed by atoms with van der Waals surface area (Å²) in [6.07, 6.45) is 5.07. The molecule has 1 N–H and O–H groups in total. The van der Waals surface area contributed by atoms with Gasteiger partial charge >= 0.3 is 5.97 Å². The number of nitrogens with one attached hydrogen (secondary N) is 1. The van der Waals surface area contributed by atoms with Crippen LogP contribution in [0.1, 0.15) is 43.7 Å². The number of rotatable bonds is 6. The van der Waals surface area contributed by atoms with Crippen molar-refractivity contribution in [3.8, 4) is 5.69 Å². The van der Waals surface area contributed by atoms with E-state index in [0.29, 0.717) is 11.7 Å². The summed E-state index contributed by atoms with van der Waals surface area (Å²) in [5.41, 5.74) is 1.88. The first-order chi connectivity index (χ1) is 12.2. The third-order valence-corrected chi connectivity index (χ3v) is 4.78. The van der Waals surface area contributed by atoms with Crippen molar-refractivity contribution < 1.29 is 14.3 Å². The fraction of sp³-hybridized carbons (Fsp3) is 0.421. The standard InChI is InChI=1S/C19H21N3O3/c23-18(12-25-19(24)14-5-4-6-14)20-17-11-16(13-9-10-13)21-22(17)15-7-2-1-3-8-15/h1-3,7-8,11,13-14H,4-6,9-10,12H2,(H,20,23). The van der Waals surface area contributed by atoms with Gasteiger partial charge in [0.25, 0.3) is 5.91 Å². The van der Waals surface area contributed by atoms with Crippen molar-refractivity contribution >= 4 is 17.7 Å². The summed E-state index contributed by atoms with van der Waals surface area (Å²) in [6.45, 7) is -0.256. The second kappa shape index (κ2) is 6.70. The number of carbonyl (C=O) groups excluding carboxylic acids is 2. The van der Waals surface area contributed by atoms with Gasteiger partial charge in [0.2, 0.25) is 0 Å². The van der Waals surface area contributed by atoms with Gasteiger partial charge in [-0.3, -0.25) is 9.59 Å². The van der Waals surface area contributed by atoms with E-state index in [4.69, 9.17) is 4.74 Å². The number of anilines is 1. The average Bonchev–Trinajstić information content (AvgIpc) is 3.34. The van der Waals surface area contributed by atoms with Crippen molar-refractivity contribution in [2.75, 3.05) is 11.9 Å². The normalized spacial score (nSPS) is 17.0. The van der Waals surface area contributed by atoms with E-state index in [1.165, 1.54) is 0 Å². The molecule has 0 aliphatic heterocycles. The van der Waals surface area contributed by atoms with Crippen molar-refractivity contribution in [1.82, 2.24) is 9.78 Å². The molecule has 2 fully saturated rings. The van der Waals surface area contributed by atoms with Crippen LogP contribution in [0.5, 0.6) is 0 Å². The van der Waals surface area contributed by atoms with Gasteiger partial charge in [-0.25, -0.2) is 4.68 Å². The molecule has 6 nitrogen and oxygen atoms in total. The topological polar surface area (TPSA) is 73.2 Å². The first-order valence-electron chi connectivity index (χ1n) is 8.82. The number of benzene rings is 1. The first-order valence-corrected chi connectivity index (χ1v) is 8.82. The molecule has 2 aliphatic rings. The Kier molecular flexibility index (Phi) is 4.26. The lowest BCUT2D eigenvalue weighted by molar-refractivity contribution is -0.154. The maximum atomic E-state index is 12.2. The van der Waals surface area contributed by atoms with Gasteiger partial charge in [-0.15, -0.1) is 0 Å². The average molecular weight is 339 g/mol. The van der Waals surface area contributed by atoms with Gasteiger partial charge in [-0.1, -0.05) is 24.6 Å². The zero-order valence-corrected chi connectivity index (χ0v) is 14.0. The van der Waals surface area contributed by atoms with E-state index >= 15 is 0 Å². The van der Waals surface area contributed by atoms with Crippen molar-refractivity contribution in [3.63, 3.8) is 0 Å². The lowest BCUT2D eigenvalue weighted by atomic mass is 9.86. The van der Waals surface area contributed by atoms with E-state index in [1.807, 2.05) is 36.4 Å². The quantitative estimate of drug-likeness (QED) is 0.821. The molecule has 0 saturated heterocycles. The predicted octanol–water partition coefficient (Wildman–Crippen LogP) is 3.03. The van der Waals surface area contributed by atoms with Crippen LogP contribution in [-0.2, 0) is 14.3 Å². The minimum atomic E-state index is -0.341. The minimum Gasteiger partial charge on any atom is -0.455 e. The van der Waals surface area contributed by atoms with Crippen LogP contribution >= 0.6 is 0 Å². The Morgan fingerprint density at radius 3 is 2.56 bits per heavy atom. The molecular weight excluding hydrogens is 318 g/mol. The molecular formula is C19H21N3O3. The number of aromatic nitrogens is 2. The number of hydrogen-bond acceptors (Lipinski definition) is 4. The van der Waals surface area contributed by atoms with Gasteiger partial charge in [-0.2, -0.15) is 5.10 Å². The highest BCUT2D eigenvalue weighted by atomic mass is 16.5. The Bertz CT molecular complexity index is 776. The number of carbonyl (C=O) groups is 2. The molecule has 0 atom stereocenters. The zero-order valence-electron chi connectivity index (χ0n) is 14.0. The molecule has 130 valence electrons. The van der Waals surface area contributed by atoms with E-state index in [0.717, 1.165) is 43.5 Å². The summed E-state index contributed by atoms with van der Waals surface area (Å²) < 4.78 is 6.85. The van der Waals surface area contributed by atoms with Gasteiger partial charge < -0.3 is 10.1 Å². The van der Waals surface area contributed by atoms with Crippen molar-refractivity contribution in [2.24, 2.45) is 5.92 Å². The summed E-state index contributed by atoms with van der Waals surface area (Å²) in [5.74, 6) is 0.461. The molecule has 6 heteroatoms. The maximum absolute atomic E-state index is 12.2. The highest BCUT2D eigenvalue weighted by molar-refractivity contribution is 5.92. The van der Waals surface area contributed by atoms with Crippen molar-refractivity contribution in [2.45, 2.75) is 38.0 Å². The highest BCUT2D eigenvalue weighted by Gasteiger charge is 2.29. The van der Waals surface area contributed by atoms with Crippen LogP contribution in [0.4, 0.5) is 5.82 Å². The summed E-state index contributed by atoms with van der Waals surface area (Å²) in [7, 11) is 0. The molecule has 0 spiro atoms. The molecule has 25 heavy (non-hydrogen) atoms. The SMILES string of the molecule is O=C(COC(=O)C1CCC1)Nc1cc(C2CC2)nn1-c1ccccc1. The summed E-state index contributed by atoms with van der Waals surface area (Å²) in [5, 5.41) is 7.46. The van der Waals surface area contributed by atoms with E-state index < -0.39 is 0 Å². The predicted molar refractivity (Wildman–Crippen MR) is 92.5 cm³/mol. The van der Waals surface area contributed by atoms with Crippen LogP contribution in [0, 0.1) is 5.92 Å². The van der Waals surface area contributed by atoms with Crippen LogP contribution in [0.3, 0.4) is 0 Å². The van der Waals surface area contributed by atoms with Crippen molar-refractivity contribution in [1.29, 1.82) is 0 Å². The summed E-state index contributed by atoms with van der Waals surface area (Å²) in [4.78, 5) is 23.9. The smallest absolute Gasteiger partial charge is 0.309 e. The zero-order chi connectivity index (χ0) is 17.2. The molecule has 1 amide bonds. The van der Waals surface area contributed by atoms with E-state index in [9.17, 15) is 9.59 Å². The van der Waals surface area contributed by atoms with Crippen LogP contribution < -0.4 is 5.32 Å². The Balaban J connectivity index is 1.45. The van der Waals surface area contributed by atoms with E-state index in [1.54, 1.807) is 4.68 Å². The third-order valence-electron chi connectivity index (χ3n) is 4.78. The largest absolute Gasteiger partial charge is 0.455 e. The Hall–Kier alpha value is -2.63. The Labute approximate surface area is 146 Å². The Morgan fingerprint density at radius 2 is 1.92 bits per heavy atom. The number of amides is 1. The fourth-order valence-electron chi connectivity index (χ4n) is 2.91. The molecule has 2 aliphatic carbocycles. The van der Waals surface area contributed by atoms with E-state index in [2.05, 4.69) is 10.4 Å². The molecule has 1 heterocycles. The first kappa shape index (κ1) is 15.9. The van der Waals surface area contributed by atoms with Crippen molar-refractivity contribution in [3.05, 3.63) is 42.1 Å². The number of ether oxygens (including phenoxy) is 1. The van der Waals surface area contributed by atoms with E-state index in [-0.39, 0.29) is 24.4 Å². The highest BCUT2D eigenvalue weighted by Crippen LogP contribution is 2.40. The lowest BCUT2D eigenvalue weighted by Crippen LogP contribution is -2.28. The van der Waals surface area contributed by atoms with Gasteiger partial charge in [-0.05, 0) is 37.8 Å².